The Balaban J connectivity index is 0. The minimum Gasteiger partial charge on any atom is -0.356 e. The smallest absolute Gasteiger partial charge is 0.237 e. The zero-order valence-corrected chi connectivity index (χ0v) is 43.7. The van der Waals surface area contributed by atoms with E-state index in [4.69, 9.17) is 4.99 Å². The molecule has 358 valence electrons. The normalized spacial score (nSPS) is 17.5. The van der Waals surface area contributed by atoms with E-state index in [0.29, 0.717) is 23.8 Å². The fourth-order valence-electron chi connectivity index (χ4n) is 7.74. The summed E-state index contributed by atoms with van der Waals surface area (Å²) in [5, 5.41) is 3.19. The van der Waals surface area contributed by atoms with Gasteiger partial charge in [0.05, 0.1) is 16.8 Å². The van der Waals surface area contributed by atoms with Gasteiger partial charge in [-0.15, -0.1) is 0 Å². The Morgan fingerprint density at radius 1 is 0.952 bits per heavy atom. The maximum Gasteiger partial charge on any atom is 0.237 e. The third kappa shape index (κ3) is 19.9. The minimum atomic E-state index is -0.441. The molecule has 0 aromatic heterocycles. The molecule has 1 aliphatic carbocycles. The Morgan fingerprint density at radius 2 is 1.52 bits per heavy atom. The van der Waals surface area contributed by atoms with Crippen LogP contribution in [0.4, 0.5) is 10.1 Å². The molecule has 1 aromatic carbocycles. The third-order valence-corrected chi connectivity index (χ3v) is 11.8. The van der Waals surface area contributed by atoms with Gasteiger partial charge in [-0.2, -0.15) is 0 Å². The van der Waals surface area contributed by atoms with Gasteiger partial charge in [0, 0.05) is 36.0 Å². The van der Waals surface area contributed by atoms with Gasteiger partial charge in [0.25, 0.3) is 0 Å². The number of rotatable bonds is 22. The number of ketones is 1. The molecular weight excluding hydrogens is 778 g/mol. The summed E-state index contributed by atoms with van der Waals surface area (Å²) in [5.41, 5.74) is 6.34. The second-order valence-corrected chi connectivity index (χ2v) is 16.9. The van der Waals surface area contributed by atoms with Crippen molar-refractivity contribution in [2.75, 3.05) is 4.90 Å². The van der Waals surface area contributed by atoms with E-state index < -0.39 is 11.2 Å². The first-order valence-corrected chi connectivity index (χ1v) is 25.2. The van der Waals surface area contributed by atoms with Crippen molar-refractivity contribution in [3.63, 3.8) is 0 Å². The highest BCUT2D eigenvalue weighted by Gasteiger charge is 2.53. The number of amides is 1. The van der Waals surface area contributed by atoms with Gasteiger partial charge in [0.1, 0.15) is 11.6 Å². The molecule has 1 saturated carbocycles. The molecule has 1 aromatic rings. The number of benzene rings is 1. The Bertz CT molecular complexity index is 1630. The van der Waals surface area contributed by atoms with Gasteiger partial charge in [-0.05, 0) is 112 Å². The molecule has 1 aliphatic heterocycles. The molecule has 0 saturated heterocycles. The average Bonchev–Trinajstić information content (AvgIpc) is 3.50. The van der Waals surface area contributed by atoms with Crippen molar-refractivity contribution in [1.82, 2.24) is 5.32 Å². The van der Waals surface area contributed by atoms with Crippen LogP contribution in [0.1, 0.15) is 225 Å². The van der Waals surface area contributed by atoms with E-state index >= 15 is 0 Å². The lowest BCUT2D eigenvalue weighted by molar-refractivity contribution is -0.125. The van der Waals surface area contributed by atoms with Gasteiger partial charge in [-0.3, -0.25) is 14.6 Å². The summed E-state index contributed by atoms with van der Waals surface area (Å²) in [4.78, 5) is 31.9. The van der Waals surface area contributed by atoms with Crippen molar-refractivity contribution in [3.05, 3.63) is 95.3 Å². The summed E-state index contributed by atoms with van der Waals surface area (Å²) in [5.74, 6) is 1.22. The van der Waals surface area contributed by atoms with Crippen LogP contribution in [0, 0.1) is 11.8 Å². The molecule has 3 rings (SSSR count). The number of carbonyl (C=O) groups is 2. The van der Waals surface area contributed by atoms with Crippen LogP contribution in [0.5, 0.6) is 0 Å². The second kappa shape index (κ2) is 35.5. The maximum atomic E-state index is 14.4. The van der Waals surface area contributed by atoms with E-state index in [0.717, 1.165) is 91.6 Å². The van der Waals surface area contributed by atoms with Crippen LogP contribution in [0.15, 0.2) is 89.1 Å². The number of anilines is 1. The first-order chi connectivity index (χ1) is 30.2. The summed E-state index contributed by atoms with van der Waals surface area (Å²) in [6.07, 6.45) is 26.2. The van der Waals surface area contributed by atoms with Crippen molar-refractivity contribution in [1.29, 1.82) is 0 Å². The standard InChI is InChI=1S/C38H52FN3O.C7H14O.C7H16.C3H8.C2H6/c1-10-16-34(33(39)15-6)41-28(9)27(8)35(40-21-13-4)22-26(7)30-17-18-32-36(25-30)42(31-23-29(14-5)24-31)37(43)38(32,19-11-2)20-12-3;1-4-6(3)7(8)5-2;1-3-5-7-6-4-2;1-3-2;1-2/h10,15-18,21-22,25,29,31,41H,6-7,11-14,19-20,23-24H2,1-5,8-9H3;6H,4-5H2,1-3H3;3-7H2,1-2H3;3H2,1-2H3;1-2H3/b16-10-,28-27+,34-33-,35-22+,40-21?;;;;. The number of halogens is 1. The molecule has 0 bridgehead atoms. The number of carbonyl (C=O) groups excluding carboxylic acids is 2. The van der Waals surface area contributed by atoms with Crippen molar-refractivity contribution in [3.8, 4) is 0 Å². The van der Waals surface area contributed by atoms with E-state index in [1.165, 1.54) is 50.2 Å². The number of Topliss-reactive ketones (excluding diaryl/α,β-unsaturated/α-hetero) is 1. The molecule has 63 heavy (non-hydrogen) atoms. The Kier molecular flexibility index (Phi) is 34.6. The molecule has 1 fully saturated rings. The van der Waals surface area contributed by atoms with E-state index in [-0.39, 0.29) is 17.9 Å². The monoisotopic (exact) mass is 874 g/mol. The van der Waals surface area contributed by atoms with Gasteiger partial charge in [-0.25, -0.2) is 4.39 Å². The number of nitrogens with one attached hydrogen (secondary N) is 1. The Hall–Kier alpha value is -3.80. The number of unbranched alkanes of at least 4 members (excludes halogenated alkanes) is 4. The number of hydrogen-bond acceptors (Lipinski definition) is 4. The van der Waals surface area contributed by atoms with Gasteiger partial charge in [0.15, 0.2) is 0 Å². The van der Waals surface area contributed by atoms with Crippen LogP contribution in [-0.2, 0) is 15.0 Å². The van der Waals surface area contributed by atoms with Crippen LogP contribution >= 0.6 is 0 Å². The lowest BCUT2D eigenvalue weighted by atomic mass is 9.73. The van der Waals surface area contributed by atoms with Gasteiger partial charge in [0.2, 0.25) is 5.91 Å². The minimum absolute atomic E-state index is 0.268. The van der Waals surface area contributed by atoms with E-state index in [9.17, 15) is 14.0 Å². The number of allylic oxidation sites excluding steroid dienone is 8. The molecule has 1 N–H and O–H groups in total. The molecule has 0 spiro atoms. The van der Waals surface area contributed by atoms with Crippen LogP contribution < -0.4 is 10.2 Å². The highest BCUT2D eigenvalue weighted by molar-refractivity contribution is 6.09. The van der Waals surface area contributed by atoms with Crippen molar-refractivity contribution in [2.24, 2.45) is 16.8 Å². The summed E-state index contributed by atoms with van der Waals surface area (Å²) >= 11 is 0. The van der Waals surface area contributed by atoms with Gasteiger partial charge in [-0.1, -0.05) is 179 Å². The highest BCUT2D eigenvalue weighted by atomic mass is 19.1. The predicted octanol–water partition coefficient (Wildman–Crippen LogP) is 17.7. The quantitative estimate of drug-likeness (QED) is 0.0717. The Labute approximate surface area is 389 Å². The van der Waals surface area contributed by atoms with E-state index in [2.05, 4.69) is 90.0 Å². The molecule has 1 amide bonds. The predicted molar refractivity (Wildman–Crippen MR) is 279 cm³/mol. The van der Waals surface area contributed by atoms with Crippen molar-refractivity contribution >= 4 is 29.2 Å². The summed E-state index contributed by atoms with van der Waals surface area (Å²) in [6, 6.07) is 6.74. The maximum absolute atomic E-state index is 14.4. The average molecular weight is 874 g/mol. The number of nitrogens with zero attached hydrogens (tertiary/aromatic N) is 2. The molecule has 1 heterocycles. The number of fused-ring (bicyclic) bond motifs is 1. The van der Waals surface area contributed by atoms with Crippen molar-refractivity contribution in [2.45, 2.75) is 225 Å². The van der Waals surface area contributed by atoms with Crippen LogP contribution in [0.3, 0.4) is 0 Å². The van der Waals surface area contributed by atoms with Crippen molar-refractivity contribution < 1.29 is 14.0 Å². The molecular formula is C57H96FN3O2. The van der Waals surface area contributed by atoms with E-state index in [1.54, 1.807) is 12.2 Å². The van der Waals surface area contributed by atoms with Crippen LogP contribution in [0.25, 0.3) is 5.57 Å². The Morgan fingerprint density at radius 3 is 1.95 bits per heavy atom. The first-order valence-electron chi connectivity index (χ1n) is 25.2. The lowest BCUT2D eigenvalue weighted by Gasteiger charge is -2.42. The zero-order valence-electron chi connectivity index (χ0n) is 43.7. The fraction of sp³-hybridized carbons (Fsp3) is 0.632. The SMILES string of the molecule is C=C/C(F)=C(\C=C/C)N/C(C)=C(C)/C(=C\C(=C)c1ccc2c(c1)N(C1CC(CC)C1)C(=O)C2(CCC)CCC)N=CCC.CC.CCC.CCC(=O)C(C)CC.CCCCCCC. The summed E-state index contributed by atoms with van der Waals surface area (Å²) in [7, 11) is 0. The number of hydrogen-bond donors (Lipinski definition) is 1. The highest BCUT2D eigenvalue weighted by Crippen LogP contribution is 2.52. The zero-order chi connectivity index (χ0) is 48.5. The van der Waals surface area contributed by atoms with E-state index in [1.807, 2.05) is 74.6 Å². The van der Waals surface area contributed by atoms with Crippen LogP contribution in [0.2, 0.25) is 0 Å². The molecule has 5 nitrogen and oxygen atoms in total. The fourth-order valence-corrected chi connectivity index (χ4v) is 7.74. The van der Waals surface area contributed by atoms with Crippen LogP contribution in [-0.4, -0.2) is 23.9 Å². The summed E-state index contributed by atoms with van der Waals surface area (Å²) in [6.45, 7) is 41.0. The number of aliphatic imine (C=N–C) groups is 1. The molecule has 2 aliphatic rings. The molecule has 1 unspecified atom stereocenters. The topological polar surface area (TPSA) is 61.8 Å². The molecule has 1 atom stereocenters. The largest absolute Gasteiger partial charge is 0.356 e. The second-order valence-electron chi connectivity index (χ2n) is 16.9. The lowest BCUT2D eigenvalue weighted by Crippen LogP contribution is -2.50. The van der Waals surface area contributed by atoms with Gasteiger partial charge >= 0.3 is 0 Å². The first kappa shape index (κ1) is 61.3. The molecule has 6 heteroatoms. The van der Waals surface area contributed by atoms with Gasteiger partial charge < -0.3 is 10.2 Å². The molecule has 0 radical (unpaired) electrons. The third-order valence-electron chi connectivity index (χ3n) is 11.8. The summed E-state index contributed by atoms with van der Waals surface area (Å²) < 4.78 is 14.4.